The van der Waals surface area contributed by atoms with Crippen LogP contribution in [0.5, 0.6) is 0 Å². The van der Waals surface area contributed by atoms with Crippen LogP contribution in [0.4, 0.5) is 0 Å². The summed E-state index contributed by atoms with van der Waals surface area (Å²) in [4.78, 5) is 0. The van der Waals surface area contributed by atoms with E-state index in [1.165, 1.54) is 14.2 Å². The Balaban J connectivity index is 4.11. The van der Waals surface area contributed by atoms with Crippen LogP contribution in [0, 0.1) is 0 Å². The lowest BCUT2D eigenvalue weighted by Gasteiger charge is -2.16. The molecule has 0 fully saturated rings. The molecule has 0 atom stereocenters. The summed E-state index contributed by atoms with van der Waals surface area (Å²) < 4.78 is 20.6. The predicted molar refractivity (Wildman–Crippen MR) is 36.8 cm³/mol. The Labute approximate surface area is 55.9 Å². The molecule has 0 N–H and O–H groups in total. The molecule has 56 valence electrons. The van der Waals surface area contributed by atoms with Gasteiger partial charge in [0.25, 0.3) is 0 Å². The van der Waals surface area contributed by atoms with E-state index in [0.29, 0.717) is 0 Å². The van der Waals surface area contributed by atoms with E-state index >= 15 is 0 Å². The molecule has 9 heavy (non-hydrogen) atoms. The van der Waals surface area contributed by atoms with Gasteiger partial charge in [0.15, 0.2) is 0 Å². The highest BCUT2D eigenvalue weighted by atomic mass is 31.2. The maximum Gasteiger partial charge on any atom is 0.332 e. The predicted octanol–water partition coefficient (Wildman–Crippen LogP) is 1.88. The molecule has 0 amide bonds. The number of hydrogen-bond acceptors (Lipinski definition) is 3. The van der Waals surface area contributed by atoms with Gasteiger partial charge in [0.05, 0.1) is 5.66 Å². The first-order valence-corrected chi connectivity index (χ1v) is 4.39. The molecule has 0 aromatic rings. The molecule has 0 radical (unpaired) electrons. The monoisotopic (exact) mass is 152 g/mol. The van der Waals surface area contributed by atoms with Gasteiger partial charge < -0.3 is 9.05 Å². The van der Waals surface area contributed by atoms with Crippen LogP contribution in [-0.4, -0.2) is 19.9 Å². The average molecular weight is 152 g/mol. The minimum atomic E-state index is -2.75. The summed E-state index contributed by atoms with van der Waals surface area (Å²) in [6.45, 7) is 3.60. The van der Waals surface area contributed by atoms with E-state index in [4.69, 9.17) is 0 Å². The molecule has 0 rings (SSSR count). The topological polar surface area (TPSA) is 35.5 Å². The van der Waals surface area contributed by atoms with Crippen molar-refractivity contribution in [2.45, 2.75) is 19.5 Å². The van der Waals surface area contributed by atoms with Gasteiger partial charge in [-0.05, 0) is 0 Å². The molecule has 0 spiro atoms. The first-order valence-electron chi connectivity index (χ1n) is 2.78. The Morgan fingerprint density at radius 1 is 1.22 bits per heavy atom. The zero-order chi connectivity index (χ0) is 7.49. The molecule has 0 aliphatic heterocycles. The zero-order valence-electron chi connectivity index (χ0n) is 6.25. The van der Waals surface area contributed by atoms with E-state index in [2.05, 4.69) is 9.05 Å². The molecular formula is C5H13O3P. The normalized spacial score (nSPS) is 12.6. The van der Waals surface area contributed by atoms with Gasteiger partial charge in [0, 0.05) is 14.2 Å². The van der Waals surface area contributed by atoms with Crippen LogP contribution in [0.1, 0.15) is 13.8 Å². The van der Waals surface area contributed by atoms with E-state index in [9.17, 15) is 4.57 Å². The van der Waals surface area contributed by atoms with E-state index in [1.54, 1.807) is 13.8 Å². The van der Waals surface area contributed by atoms with Crippen molar-refractivity contribution in [1.29, 1.82) is 0 Å². The van der Waals surface area contributed by atoms with Crippen molar-refractivity contribution in [2.75, 3.05) is 14.2 Å². The fourth-order valence-electron chi connectivity index (χ4n) is 0.496. The molecule has 0 aromatic carbocycles. The van der Waals surface area contributed by atoms with Gasteiger partial charge in [-0.3, -0.25) is 4.57 Å². The average Bonchev–Trinajstić information content (AvgIpc) is 1.86. The Bertz CT molecular complexity index is 113. The molecule has 0 saturated carbocycles. The summed E-state index contributed by atoms with van der Waals surface area (Å²) in [5.74, 6) is 0. The second-order valence-electron chi connectivity index (χ2n) is 2.00. The lowest BCUT2D eigenvalue weighted by Crippen LogP contribution is -2.00. The first kappa shape index (κ1) is 9.15. The smallest absolute Gasteiger partial charge is 0.312 e. The molecule has 0 saturated heterocycles. The minimum Gasteiger partial charge on any atom is -0.312 e. The third-order valence-electron chi connectivity index (χ3n) is 1.14. The van der Waals surface area contributed by atoms with Crippen molar-refractivity contribution in [3.8, 4) is 0 Å². The lowest BCUT2D eigenvalue weighted by molar-refractivity contribution is 0.269. The number of rotatable bonds is 3. The summed E-state index contributed by atoms with van der Waals surface area (Å²) in [6, 6.07) is 0. The molecule has 0 aromatic heterocycles. The van der Waals surface area contributed by atoms with Crippen LogP contribution in [0.15, 0.2) is 0 Å². The second-order valence-corrected chi connectivity index (χ2v) is 4.84. The Morgan fingerprint density at radius 2 is 1.56 bits per heavy atom. The van der Waals surface area contributed by atoms with Crippen LogP contribution in [0.2, 0.25) is 0 Å². The van der Waals surface area contributed by atoms with Gasteiger partial charge in [-0.2, -0.15) is 0 Å². The van der Waals surface area contributed by atoms with Gasteiger partial charge >= 0.3 is 7.60 Å². The van der Waals surface area contributed by atoms with Crippen LogP contribution in [0.25, 0.3) is 0 Å². The summed E-state index contributed by atoms with van der Waals surface area (Å²) in [5, 5.41) is 0. The van der Waals surface area contributed by atoms with Gasteiger partial charge in [0.2, 0.25) is 0 Å². The van der Waals surface area contributed by atoms with E-state index in [1.807, 2.05) is 0 Å². The van der Waals surface area contributed by atoms with Crippen LogP contribution in [-0.2, 0) is 13.6 Å². The molecule has 0 bridgehead atoms. The van der Waals surface area contributed by atoms with Gasteiger partial charge in [0.1, 0.15) is 0 Å². The second kappa shape index (κ2) is 3.35. The summed E-state index contributed by atoms with van der Waals surface area (Å²) >= 11 is 0. The molecule has 0 heterocycles. The Hall–Kier alpha value is 0.150. The van der Waals surface area contributed by atoms with Crippen molar-refractivity contribution in [3.63, 3.8) is 0 Å². The molecule has 3 nitrogen and oxygen atoms in total. The van der Waals surface area contributed by atoms with Gasteiger partial charge in [-0.25, -0.2) is 0 Å². The maximum absolute atomic E-state index is 11.2. The van der Waals surface area contributed by atoms with E-state index in [0.717, 1.165) is 0 Å². The van der Waals surface area contributed by atoms with Gasteiger partial charge in [-0.1, -0.05) is 13.8 Å². The third-order valence-corrected chi connectivity index (χ3v) is 3.42. The number of hydrogen-bond donors (Lipinski definition) is 0. The first-order chi connectivity index (χ1) is 4.06. The fraction of sp³-hybridized carbons (Fsp3) is 1.00. The van der Waals surface area contributed by atoms with Crippen LogP contribution in [0.3, 0.4) is 0 Å². The van der Waals surface area contributed by atoms with Crippen LogP contribution < -0.4 is 0 Å². The van der Waals surface area contributed by atoms with E-state index in [-0.39, 0.29) is 5.66 Å². The van der Waals surface area contributed by atoms with Gasteiger partial charge in [-0.15, -0.1) is 0 Å². The molecular weight excluding hydrogens is 139 g/mol. The molecule has 0 aliphatic rings. The maximum atomic E-state index is 11.2. The fourth-order valence-corrected chi connectivity index (χ4v) is 1.49. The third kappa shape index (κ3) is 2.09. The van der Waals surface area contributed by atoms with Crippen molar-refractivity contribution in [1.82, 2.24) is 0 Å². The Kier molecular flexibility index (Phi) is 3.41. The van der Waals surface area contributed by atoms with Crippen molar-refractivity contribution in [3.05, 3.63) is 0 Å². The Morgan fingerprint density at radius 3 is 1.56 bits per heavy atom. The van der Waals surface area contributed by atoms with Crippen molar-refractivity contribution < 1.29 is 13.6 Å². The molecule has 0 aliphatic carbocycles. The highest BCUT2D eigenvalue weighted by molar-refractivity contribution is 7.54. The SMILES string of the molecule is COP(=O)(OC)C(C)C. The van der Waals surface area contributed by atoms with Crippen LogP contribution >= 0.6 is 7.60 Å². The van der Waals surface area contributed by atoms with Crippen molar-refractivity contribution in [2.24, 2.45) is 0 Å². The zero-order valence-corrected chi connectivity index (χ0v) is 7.14. The summed E-state index contributed by atoms with van der Waals surface area (Å²) in [5.41, 5.74) is -0.0625. The van der Waals surface area contributed by atoms with Crippen molar-refractivity contribution >= 4 is 7.60 Å². The summed E-state index contributed by atoms with van der Waals surface area (Å²) in [6.07, 6.45) is 0. The molecule has 4 heteroatoms. The summed E-state index contributed by atoms with van der Waals surface area (Å²) in [7, 11) is 0.0332. The highest BCUT2D eigenvalue weighted by Crippen LogP contribution is 2.50. The minimum absolute atomic E-state index is 0.0625. The standard InChI is InChI=1S/C5H13O3P/c1-5(2)9(6,7-3)8-4/h5H,1-4H3. The molecule has 0 unspecified atom stereocenters. The quantitative estimate of drug-likeness (QED) is 0.579. The largest absolute Gasteiger partial charge is 0.332 e. The highest BCUT2D eigenvalue weighted by Gasteiger charge is 2.25. The lowest BCUT2D eigenvalue weighted by atomic mass is 10.6. The van der Waals surface area contributed by atoms with E-state index < -0.39 is 7.60 Å².